The molecule has 0 aliphatic rings. The molecule has 2 unspecified atom stereocenters. The molecule has 0 fully saturated rings. The van der Waals surface area contributed by atoms with E-state index in [0.29, 0.717) is 16.1 Å². The summed E-state index contributed by atoms with van der Waals surface area (Å²) in [4.78, 5) is 2.42. The number of benzene rings is 1. The number of rotatable bonds is 7. The first-order chi connectivity index (χ1) is 8.97. The van der Waals surface area contributed by atoms with Crippen molar-refractivity contribution in [2.75, 3.05) is 19.6 Å². The lowest BCUT2D eigenvalue weighted by atomic mass is 10.1. The lowest BCUT2D eigenvalue weighted by Crippen LogP contribution is -2.40. The Labute approximate surface area is 127 Å². The van der Waals surface area contributed by atoms with Crippen LogP contribution in [0, 0.1) is 0 Å². The van der Waals surface area contributed by atoms with E-state index in [1.54, 1.807) is 0 Å². The van der Waals surface area contributed by atoms with E-state index < -0.39 is 0 Å². The molecule has 0 spiro atoms. The first-order valence-corrected chi connectivity index (χ1v) is 7.66. The van der Waals surface area contributed by atoms with Gasteiger partial charge in [-0.25, -0.2) is 0 Å². The van der Waals surface area contributed by atoms with E-state index in [2.05, 4.69) is 37.9 Å². The average molecular weight is 303 g/mol. The maximum Gasteiger partial charge on any atom is 0.0595 e. The second-order valence-corrected chi connectivity index (χ2v) is 5.76. The van der Waals surface area contributed by atoms with Gasteiger partial charge in [-0.1, -0.05) is 43.1 Å². The van der Waals surface area contributed by atoms with Gasteiger partial charge in [0.05, 0.1) is 10.0 Å². The van der Waals surface area contributed by atoms with Gasteiger partial charge in [0.1, 0.15) is 0 Å². The number of nitrogens with zero attached hydrogens (tertiary/aromatic N) is 1. The Kier molecular flexibility index (Phi) is 7.16. The molecular weight excluding hydrogens is 279 g/mol. The van der Waals surface area contributed by atoms with Crippen LogP contribution < -0.4 is 5.32 Å². The van der Waals surface area contributed by atoms with E-state index in [9.17, 15) is 0 Å². The van der Waals surface area contributed by atoms with Gasteiger partial charge in [0.2, 0.25) is 0 Å². The van der Waals surface area contributed by atoms with Crippen molar-refractivity contribution in [1.82, 2.24) is 10.2 Å². The molecule has 4 heteroatoms. The van der Waals surface area contributed by atoms with Crippen LogP contribution in [0.5, 0.6) is 0 Å². The second-order valence-electron chi connectivity index (χ2n) is 4.95. The third kappa shape index (κ3) is 5.31. The zero-order valence-electron chi connectivity index (χ0n) is 12.2. The Morgan fingerprint density at radius 1 is 1.11 bits per heavy atom. The Hall–Kier alpha value is -0.280. The van der Waals surface area contributed by atoms with Crippen LogP contribution in [0.15, 0.2) is 18.2 Å². The molecule has 0 bridgehead atoms. The monoisotopic (exact) mass is 302 g/mol. The Bertz CT molecular complexity index is 392. The molecule has 108 valence electrons. The summed E-state index contributed by atoms with van der Waals surface area (Å²) in [6.45, 7) is 12.0. The van der Waals surface area contributed by atoms with Crippen molar-refractivity contribution in [3.05, 3.63) is 33.8 Å². The van der Waals surface area contributed by atoms with Crippen LogP contribution in [0.1, 0.15) is 39.3 Å². The lowest BCUT2D eigenvalue weighted by Gasteiger charge is -2.26. The fourth-order valence-electron chi connectivity index (χ4n) is 2.23. The molecule has 0 radical (unpaired) electrons. The summed E-state index contributed by atoms with van der Waals surface area (Å²) in [5, 5.41) is 4.82. The molecule has 1 rings (SSSR count). The zero-order valence-corrected chi connectivity index (χ0v) is 13.7. The zero-order chi connectivity index (χ0) is 14.4. The second kappa shape index (κ2) is 8.11. The summed E-state index contributed by atoms with van der Waals surface area (Å²) < 4.78 is 0. The summed E-state index contributed by atoms with van der Waals surface area (Å²) in [7, 11) is 0. The topological polar surface area (TPSA) is 15.3 Å². The summed E-state index contributed by atoms with van der Waals surface area (Å²) >= 11 is 12.0. The van der Waals surface area contributed by atoms with Gasteiger partial charge in [-0.15, -0.1) is 0 Å². The van der Waals surface area contributed by atoms with E-state index in [4.69, 9.17) is 23.2 Å². The van der Waals surface area contributed by atoms with E-state index >= 15 is 0 Å². The number of likely N-dealkylation sites (N-methyl/N-ethyl adjacent to an activating group) is 1. The van der Waals surface area contributed by atoms with E-state index in [1.165, 1.54) is 5.56 Å². The molecule has 2 nitrogen and oxygen atoms in total. The first kappa shape index (κ1) is 16.8. The largest absolute Gasteiger partial charge is 0.306 e. The van der Waals surface area contributed by atoms with Crippen molar-refractivity contribution >= 4 is 23.2 Å². The number of halogens is 2. The van der Waals surface area contributed by atoms with Crippen LogP contribution in [0.2, 0.25) is 10.0 Å². The van der Waals surface area contributed by atoms with Gasteiger partial charge >= 0.3 is 0 Å². The lowest BCUT2D eigenvalue weighted by molar-refractivity contribution is 0.264. The van der Waals surface area contributed by atoms with Crippen molar-refractivity contribution in [3.8, 4) is 0 Å². The van der Waals surface area contributed by atoms with Crippen molar-refractivity contribution in [3.63, 3.8) is 0 Å². The fourth-order valence-corrected chi connectivity index (χ4v) is 2.53. The molecular formula is C15H24Cl2N2. The standard InChI is InChI=1S/C15H24Cl2N2/c1-5-19(6-2)10-11(3)18-12(4)13-7-8-14(16)15(17)9-13/h7-9,11-12,18H,5-6,10H2,1-4H3. The highest BCUT2D eigenvalue weighted by atomic mass is 35.5. The fraction of sp³-hybridized carbons (Fsp3) is 0.600. The van der Waals surface area contributed by atoms with Crippen molar-refractivity contribution in [1.29, 1.82) is 0 Å². The summed E-state index contributed by atoms with van der Waals surface area (Å²) in [6, 6.07) is 6.51. The van der Waals surface area contributed by atoms with Gasteiger partial charge in [-0.05, 0) is 44.6 Å². The van der Waals surface area contributed by atoms with Crippen LogP contribution in [-0.4, -0.2) is 30.6 Å². The molecule has 19 heavy (non-hydrogen) atoms. The molecule has 0 aromatic heterocycles. The molecule has 1 aromatic carbocycles. The minimum atomic E-state index is 0.264. The van der Waals surface area contributed by atoms with Gasteiger partial charge in [-0.2, -0.15) is 0 Å². The molecule has 0 aliphatic heterocycles. The van der Waals surface area contributed by atoms with Crippen LogP contribution in [0.4, 0.5) is 0 Å². The van der Waals surface area contributed by atoms with Crippen molar-refractivity contribution in [2.45, 2.75) is 39.8 Å². The first-order valence-electron chi connectivity index (χ1n) is 6.91. The third-order valence-electron chi connectivity index (χ3n) is 3.40. The highest BCUT2D eigenvalue weighted by Gasteiger charge is 2.12. The van der Waals surface area contributed by atoms with Crippen LogP contribution in [0.3, 0.4) is 0 Å². The van der Waals surface area contributed by atoms with E-state index in [0.717, 1.165) is 19.6 Å². The summed E-state index contributed by atoms with van der Waals surface area (Å²) in [5.74, 6) is 0. The number of hydrogen-bond acceptors (Lipinski definition) is 2. The molecule has 1 N–H and O–H groups in total. The quantitative estimate of drug-likeness (QED) is 0.804. The van der Waals surface area contributed by atoms with Gasteiger partial charge in [-0.3, -0.25) is 0 Å². The predicted molar refractivity (Wildman–Crippen MR) is 85.3 cm³/mol. The predicted octanol–water partition coefficient (Wildman–Crippen LogP) is 4.37. The maximum atomic E-state index is 6.06. The smallest absolute Gasteiger partial charge is 0.0595 e. The van der Waals surface area contributed by atoms with Gasteiger partial charge in [0.15, 0.2) is 0 Å². The number of nitrogens with one attached hydrogen (secondary N) is 1. The highest BCUT2D eigenvalue weighted by Crippen LogP contribution is 2.25. The van der Waals surface area contributed by atoms with Crippen LogP contribution in [-0.2, 0) is 0 Å². The van der Waals surface area contributed by atoms with Gasteiger partial charge in [0, 0.05) is 18.6 Å². The average Bonchev–Trinajstić information content (AvgIpc) is 2.38. The molecule has 0 saturated carbocycles. The third-order valence-corrected chi connectivity index (χ3v) is 4.14. The molecule has 2 atom stereocenters. The summed E-state index contributed by atoms with van der Waals surface area (Å²) in [5.41, 5.74) is 1.17. The SMILES string of the molecule is CCN(CC)CC(C)NC(C)c1ccc(Cl)c(Cl)c1. The van der Waals surface area contributed by atoms with Crippen LogP contribution >= 0.6 is 23.2 Å². The van der Waals surface area contributed by atoms with Gasteiger partial charge < -0.3 is 10.2 Å². The summed E-state index contributed by atoms with van der Waals surface area (Å²) in [6.07, 6.45) is 0. The molecule has 1 aromatic rings. The van der Waals surface area contributed by atoms with Gasteiger partial charge in [0.25, 0.3) is 0 Å². The normalized spacial score (nSPS) is 14.7. The molecule has 0 heterocycles. The van der Waals surface area contributed by atoms with Crippen molar-refractivity contribution in [2.24, 2.45) is 0 Å². The highest BCUT2D eigenvalue weighted by molar-refractivity contribution is 6.42. The molecule has 0 aliphatic carbocycles. The van der Waals surface area contributed by atoms with E-state index in [-0.39, 0.29) is 6.04 Å². The molecule has 0 amide bonds. The minimum absolute atomic E-state index is 0.264. The number of hydrogen-bond donors (Lipinski definition) is 1. The maximum absolute atomic E-state index is 6.06. The van der Waals surface area contributed by atoms with Crippen molar-refractivity contribution < 1.29 is 0 Å². The minimum Gasteiger partial charge on any atom is -0.306 e. The molecule has 0 saturated heterocycles. The van der Waals surface area contributed by atoms with E-state index in [1.807, 2.05) is 18.2 Å². The Morgan fingerprint density at radius 3 is 2.26 bits per heavy atom. The van der Waals surface area contributed by atoms with Crippen LogP contribution in [0.25, 0.3) is 0 Å². The Morgan fingerprint density at radius 2 is 1.74 bits per heavy atom. The Balaban J connectivity index is 2.58.